The molecule has 1 aromatic carbocycles. The standard InChI is InChI=1S/C16H23N3O/c17-12-16(8-4-1-5-9-16)13-6-2-3-7-14(13)19-11-10-18-15(19)20/h2-3,6-7H,1,4-5,8-12,17H2,(H,18,20). The zero-order valence-corrected chi connectivity index (χ0v) is 11.9. The topological polar surface area (TPSA) is 58.4 Å². The Balaban J connectivity index is 2.02. The average molecular weight is 273 g/mol. The average Bonchev–Trinajstić information content (AvgIpc) is 2.94. The highest BCUT2D eigenvalue weighted by atomic mass is 16.2. The second kappa shape index (κ2) is 5.44. The number of anilines is 1. The molecule has 1 aliphatic carbocycles. The molecule has 0 bridgehead atoms. The molecule has 0 radical (unpaired) electrons. The van der Waals surface area contributed by atoms with Crippen molar-refractivity contribution in [2.45, 2.75) is 37.5 Å². The number of carbonyl (C=O) groups excluding carboxylic acids is 1. The smallest absolute Gasteiger partial charge is 0.322 e. The molecule has 20 heavy (non-hydrogen) atoms. The van der Waals surface area contributed by atoms with Crippen molar-refractivity contribution in [3.05, 3.63) is 29.8 Å². The number of carbonyl (C=O) groups is 1. The Morgan fingerprint density at radius 1 is 1.20 bits per heavy atom. The largest absolute Gasteiger partial charge is 0.336 e. The first-order valence-electron chi connectivity index (χ1n) is 7.62. The normalized spacial score (nSPS) is 21.9. The third-order valence-electron chi connectivity index (χ3n) is 4.82. The maximum absolute atomic E-state index is 12.0. The summed E-state index contributed by atoms with van der Waals surface area (Å²) in [5, 5.41) is 2.88. The van der Waals surface area contributed by atoms with Crippen LogP contribution in [0.2, 0.25) is 0 Å². The second-order valence-corrected chi connectivity index (χ2v) is 5.95. The first-order chi connectivity index (χ1) is 9.77. The molecule has 1 aliphatic heterocycles. The van der Waals surface area contributed by atoms with Gasteiger partial charge in [-0.05, 0) is 24.5 Å². The number of hydrogen-bond donors (Lipinski definition) is 2. The molecule has 1 saturated carbocycles. The van der Waals surface area contributed by atoms with Crippen LogP contribution in [0.4, 0.5) is 10.5 Å². The molecule has 1 saturated heterocycles. The summed E-state index contributed by atoms with van der Waals surface area (Å²) in [6.07, 6.45) is 6.04. The Kier molecular flexibility index (Phi) is 3.66. The number of nitrogens with zero attached hydrogens (tertiary/aromatic N) is 1. The first kappa shape index (κ1) is 13.4. The monoisotopic (exact) mass is 273 g/mol. The Morgan fingerprint density at radius 3 is 2.60 bits per heavy atom. The highest BCUT2D eigenvalue weighted by Gasteiger charge is 2.36. The Labute approximate surface area is 120 Å². The summed E-state index contributed by atoms with van der Waals surface area (Å²) in [6, 6.07) is 8.32. The fourth-order valence-corrected chi connectivity index (χ4v) is 3.67. The van der Waals surface area contributed by atoms with Crippen molar-refractivity contribution in [1.82, 2.24) is 5.32 Å². The SMILES string of the molecule is NCC1(c2ccccc2N2CCNC2=O)CCCCC1. The maximum atomic E-state index is 12.0. The number of amides is 2. The molecule has 1 aromatic rings. The Hall–Kier alpha value is -1.55. The molecule has 4 heteroatoms. The molecule has 3 rings (SSSR count). The van der Waals surface area contributed by atoms with Gasteiger partial charge in [-0.2, -0.15) is 0 Å². The van der Waals surface area contributed by atoms with E-state index in [1.807, 2.05) is 11.0 Å². The molecule has 108 valence electrons. The van der Waals surface area contributed by atoms with Crippen molar-refractivity contribution in [3.8, 4) is 0 Å². The lowest BCUT2D eigenvalue weighted by atomic mass is 9.69. The van der Waals surface area contributed by atoms with E-state index in [0.29, 0.717) is 6.54 Å². The lowest BCUT2D eigenvalue weighted by Crippen LogP contribution is -2.39. The van der Waals surface area contributed by atoms with Crippen molar-refractivity contribution in [2.24, 2.45) is 5.73 Å². The molecule has 0 aromatic heterocycles. The van der Waals surface area contributed by atoms with Gasteiger partial charge in [0.05, 0.1) is 0 Å². The molecular weight excluding hydrogens is 250 g/mol. The van der Waals surface area contributed by atoms with E-state index in [9.17, 15) is 4.79 Å². The van der Waals surface area contributed by atoms with Crippen LogP contribution in [0.25, 0.3) is 0 Å². The fourth-order valence-electron chi connectivity index (χ4n) is 3.67. The molecule has 1 heterocycles. The van der Waals surface area contributed by atoms with Crippen molar-refractivity contribution in [3.63, 3.8) is 0 Å². The van der Waals surface area contributed by atoms with Gasteiger partial charge >= 0.3 is 6.03 Å². The third kappa shape index (κ3) is 2.18. The van der Waals surface area contributed by atoms with Crippen LogP contribution >= 0.6 is 0 Å². The van der Waals surface area contributed by atoms with E-state index in [2.05, 4.69) is 23.5 Å². The molecule has 2 fully saturated rings. The van der Waals surface area contributed by atoms with Gasteiger partial charge in [0.2, 0.25) is 0 Å². The molecule has 0 unspecified atom stereocenters. The maximum Gasteiger partial charge on any atom is 0.322 e. The number of benzene rings is 1. The van der Waals surface area contributed by atoms with E-state index in [1.165, 1.54) is 24.8 Å². The van der Waals surface area contributed by atoms with Crippen molar-refractivity contribution >= 4 is 11.7 Å². The molecule has 2 amide bonds. The number of nitrogens with one attached hydrogen (secondary N) is 1. The van der Waals surface area contributed by atoms with E-state index in [0.717, 1.165) is 31.6 Å². The van der Waals surface area contributed by atoms with Gasteiger partial charge in [-0.15, -0.1) is 0 Å². The van der Waals surface area contributed by atoms with Crippen LogP contribution < -0.4 is 16.0 Å². The first-order valence-corrected chi connectivity index (χ1v) is 7.62. The van der Waals surface area contributed by atoms with Crippen LogP contribution in [0.3, 0.4) is 0 Å². The molecular formula is C16H23N3O. The third-order valence-corrected chi connectivity index (χ3v) is 4.82. The molecule has 4 nitrogen and oxygen atoms in total. The van der Waals surface area contributed by atoms with Gasteiger partial charge in [-0.3, -0.25) is 4.90 Å². The van der Waals surface area contributed by atoms with E-state index < -0.39 is 0 Å². The lowest BCUT2D eigenvalue weighted by Gasteiger charge is -2.39. The highest BCUT2D eigenvalue weighted by Crippen LogP contribution is 2.42. The van der Waals surface area contributed by atoms with Crippen molar-refractivity contribution < 1.29 is 4.79 Å². The zero-order chi connectivity index (χ0) is 14.0. The number of urea groups is 1. The van der Waals surface area contributed by atoms with Crippen molar-refractivity contribution in [1.29, 1.82) is 0 Å². The minimum absolute atomic E-state index is 0.0143. The minimum atomic E-state index is 0.0143. The number of hydrogen-bond acceptors (Lipinski definition) is 2. The van der Waals surface area contributed by atoms with Crippen LogP contribution in [-0.2, 0) is 5.41 Å². The number of rotatable bonds is 3. The Bertz CT molecular complexity index is 494. The summed E-state index contributed by atoms with van der Waals surface area (Å²) in [7, 11) is 0. The predicted octanol–water partition coefficient (Wildman–Crippen LogP) is 2.38. The lowest BCUT2D eigenvalue weighted by molar-refractivity contribution is 0.252. The predicted molar refractivity (Wildman–Crippen MR) is 81.0 cm³/mol. The minimum Gasteiger partial charge on any atom is -0.336 e. The van der Waals surface area contributed by atoms with E-state index in [-0.39, 0.29) is 11.4 Å². The van der Waals surface area contributed by atoms with Crippen LogP contribution in [0, 0.1) is 0 Å². The van der Waals surface area contributed by atoms with Gasteiger partial charge in [-0.1, -0.05) is 37.5 Å². The quantitative estimate of drug-likeness (QED) is 0.888. The second-order valence-electron chi connectivity index (χ2n) is 5.95. The molecule has 0 atom stereocenters. The van der Waals surface area contributed by atoms with Gasteiger partial charge in [0.1, 0.15) is 0 Å². The van der Waals surface area contributed by atoms with E-state index in [1.54, 1.807) is 0 Å². The van der Waals surface area contributed by atoms with Crippen LogP contribution in [0.5, 0.6) is 0 Å². The summed E-state index contributed by atoms with van der Waals surface area (Å²) < 4.78 is 0. The van der Waals surface area contributed by atoms with Crippen LogP contribution in [0.15, 0.2) is 24.3 Å². The summed E-state index contributed by atoms with van der Waals surface area (Å²) >= 11 is 0. The van der Waals surface area contributed by atoms with Gasteiger partial charge < -0.3 is 11.1 Å². The molecule has 2 aliphatic rings. The van der Waals surface area contributed by atoms with Gasteiger partial charge in [0.25, 0.3) is 0 Å². The zero-order valence-electron chi connectivity index (χ0n) is 11.9. The molecule has 3 N–H and O–H groups in total. The van der Waals surface area contributed by atoms with E-state index >= 15 is 0 Å². The van der Waals surface area contributed by atoms with Gasteiger partial charge in [-0.25, -0.2) is 4.79 Å². The summed E-state index contributed by atoms with van der Waals surface area (Å²) in [5.74, 6) is 0. The fraction of sp³-hybridized carbons (Fsp3) is 0.562. The van der Waals surface area contributed by atoms with Gasteiger partial charge in [0.15, 0.2) is 0 Å². The van der Waals surface area contributed by atoms with Crippen LogP contribution in [0.1, 0.15) is 37.7 Å². The van der Waals surface area contributed by atoms with Crippen LogP contribution in [-0.4, -0.2) is 25.7 Å². The highest BCUT2D eigenvalue weighted by molar-refractivity contribution is 5.95. The summed E-state index contributed by atoms with van der Waals surface area (Å²) in [5.41, 5.74) is 8.52. The van der Waals surface area contributed by atoms with Gasteiger partial charge in [0, 0.05) is 30.7 Å². The molecule has 0 spiro atoms. The number of nitrogens with two attached hydrogens (primary N) is 1. The number of para-hydroxylation sites is 1. The summed E-state index contributed by atoms with van der Waals surface area (Å²) in [4.78, 5) is 13.8. The Morgan fingerprint density at radius 2 is 1.95 bits per heavy atom. The van der Waals surface area contributed by atoms with Crippen molar-refractivity contribution in [2.75, 3.05) is 24.5 Å². The van der Waals surface area contributed by atoms with E-state index in [4.69, 9.17) is 5.73 Å². The summed E-state index contributed by atoms with van der Waals surface area (Å²) in [6.45, 7) is 2.14.